The van der Waals surface area contributed by atoms with E-state index < -0.39 is 6.43 Å². The minimum Gasteiger partial charge on any atom is -0.449 e. The Bertz CT molecular complexity index is 808. The Morgan fingerprint density at radius 1 is 1.14 bits per heavy atom. The number of nitrogens with zero attached hydrogens (tertiary/aromatic N) is 4. The van der Waals surface area contributed by atoms with Gasteiger partial charge in [-0.1, -0.05) is 38.1 Å². The summed E-state index contributed by atoms with van der Waals surface area (Å²) in [7, 11) is 0. The molecule has 28 heavy (non-hydrogen) atoms. The maximum Gasteiger partial charge on any atom is 0.409 e. The van der Waals surface area contributed by atoms with E-state index >= 15 is 0 Å². The first-order valence-electron chi connectivity index (χ1n) is 9.33. The molecule has 1 saturated heterocycles. The number of halogens is 2. The van der Waals surface area contributed by atoms with E-state index in [2.05, 4.69) is 9.97 Å². The van der Waals surface area contributed by atoms with E-state index in [-0.39, 0.29) is 17.5 Å². The first-order valence-corrected chi connectivity index (χ1v) is 9.33. The molecule has 0 spiro atoms. The molecule has 3 rings (SSSR count). The standard InChI is InChI=1S/C20H24F2N4O2/c1-14(2)13-28-20(27)26-11-9-25(10-12-26)17-7-8-23-19(24-17)16-6-4-3-5-15(16)18(21)22/h3-8,14,18H,9-13H2,1-2H3. The summed E-state index contributed by atoms with van der Waals surface area (Å²) in [4.78, 5) is 24.4. The summed E-state index contributed by atoms with van der Waals surface area (Å²) in [5.74, 6) is 1.22. The van der Waals surface area contributed by atoms with Gasteiger partial charge in [0.25, 0.3) is 6.43 Å². The molecular weight excluding hydrogens is 366 g/mol. The average molecular weight is 390 g/mol. The predicted octanol–water partition coefficient (Wildman–Crippen LogP) is 4.00. The van der Waals surface area contributed by atoms with Crippen LogP contribution >= 0.6 is 0 Å². The van der Waals surface area contributed by atoms with Gasteiger partial charge in [-0.2, -0.15) is 0 Å². The Labute approximate surface area is 163 Å². The molecule has 0 saturated carbocycles. The third kappa shape index (κ3) is 4.74. The van der Waals surface area contributed by atoms with Crippen LogP contribution in [0.2, 0.25) is 0 Å². The predicted molar refractivity (Wildman–Crippen MR) is 102 cm³/mol. The molecule has 0 bridgehead atoms. The fraction of sp³-hybridized carbons (Fsp3) is 0.450. The number of carbonyl (C=O) groups excluding carboxylic acids is 1. The van der Waals surface area contributed by atoms with Crippen molar-refractivity contribution in [1.29, 1.82) is 0 Å². The average Bonchev–Trinajstić information content (AvgIpc) is 2.72. The van der Waals surface area contributed by atoms with Crippen LogP contribution in [-0.2, 0) is 4.74 Å². The SMILES string of the molecule is CC(C)COC(=O)N1CCN(c2ccnc(-c3ccccc3C(F)F)n2)CC1. The third-order valence-electron chi connectivity index (χ3n) is 4.48. The zero-order valence-corrected chi connectivity index (χ0v) is 16.0. The van der Waals surface area contributed by atoms with Crippen molar-refractivity contribution in [1.82, 2.24) is 14.9 Å². The highest BCUT2D eigenvalue weighted by Gasteiger charge is 2.24. The normalized spacial score (nSPS) is 14.6. The molecule has 0 unspecified atom stereocenters. The molecule has 2 heterocycles. The molecule has 1 aromatic carbocycles. The smallest absolute Gasteiger partial charge is 0.409 e. The van der Waals surface area contributed by atoms with E-state index in [0.717, 1.165) is 0 Å². The number of amides is 1. The summed E-state index contributed by atoms with van der Waals surface area (Å²) < 4.78 is 31.8. The molecule has 1 aliphatic rings. The molecule has 0 aliphatic carbocycles. The van der Waals surface area contributed by atoms with Crippen LogP contribution in [0, 0.1) is 5.92 Å². The largest absolute Gasteiger partial charge is 0.449 e. The number of anilines is 1. The molecule has 1 aliphatic heterocycles. The Balaban J connectivity index is 1.69. The maximum atomic E-state index is 13.3. The highest BCUT2D eigenvalue weighted by Crippen LogP contribution is 2.29. The summed E-state index contributed by atoms with van der Waals surface area (Å²) in [5, 5.41) is 0. The van der Waals surface area contributed by atoms with Crippen molar-refractivity contribution < 1.29 is 18.3 Å². The molecule has 6 nitrogen and oxygen atoms in total. The minimum atomic E-state index is -2.59. The molecule has 0 atom stereocenters. The number of hydrogen-bond acceptors (Lipinski definition) is 5. The first kappa shape index (κ1) is 20.0. The molecule has 8 heteroatoms. The van der Waals surface area contributed by atoms with Gasteiger partial charge in [-0.05, 0) is 12.0 Å². The van der Waals surface area contributed by atoms with E-state index in [1.807, 2.05) is 18.7 Å². The summed E-state index contributed by atoms with van der Waals surface area (Å²) in [6.07, 6.45) is -1.32. The molecule has 0 N–H and O–H groups in total. The van der Waals surface area contributed by atoms with Crippen molar-refractivity contribution in [2.45, 2.75) is 20.3 Å². The molecule has 1 aromatic heterocycles. The Morgan fingerprint density at radius 2 is 1.86 bits per heavy atom. The molecule has 1 fully saturated rings. The van der Waals surface area contributed by atoms with Gasteiger partial charge >= 0.3 is 6.09 Å². The zero-order valence-electron chi connectivity index (χ0n) is 16.0. The van der Waals surface area contributed by atoms with Crippen LogP contribution in [0.15, 0.2) is 36.5 Å². The van der Waals surface area contributed by atoms with Gasteiger partial charge in [-0.25, -0.2) is 23.5 Å². The number of benzene rings is 1. The number of rotatable bonds is 5. The lowest BCUT2D eigenvalue weighted by Gasteiger charge is -2.34. The molecule has 150 valence electrons. The summed E-state index contributed by atoms with van der Waals surface area (Å²) >= 11 is 0. The van der Waals surface area contributed by atoms with Crippen LogP contribution in [0.3, 0.4) is 0 Å². The van der Waals surface area contributed by atoms with Gasteiger partial charge in [-0.15, -0.1) is 0 Å². The van der Waals surface area contributed by atoms with Crippen LogP contribution in [0.25, 0.3) is 11.4 Å². The second-order valence-corrected chi connectivity index (χ2v) is 7.07. The number of carbonyl (C=O) groups is 1. The Hall–Kier alpha value is -2.77. The van der Waals surface area contributed by atoms with Crippen LogP contribution in [0.1, 0.15) is 25.8 Å². The number of alkyl halides is 2. The van der Waals surface area contributed by atoms with Crippen molar-refractivity contribution in [2.75, 3.05) is 37.7 Å². The van der Waals surface area contributed by atoms with E-state index in [4.69, 9.17) is 4.74 Å². The van der Waals surface area contributed by atoms with Crippen molar-refractivity contribution in [3.63, 3.8) is 0 Å². The quantitative estimate of drug-likeness (QED) is 0.773. The fourth-order valence-electron chi connectivity index (χ4n) is 2.99. The molecule has 1 amide bonds. The van der Waals surface area contributed by atoms with Crippen molar-refractivity contribution >= 4 is 11.9 Å². The molecule has 2 aromatic rings. The number of piperazine rings is 1. The van der Waals surface area contributed by atoms with Gasteiger partial charge in [0.05, 0.1) is 6.61 Å². The second kappa shape index (κ2) is 8.95. The highest BCUT2D eigenvalue weighted by molar-refractivity contribution is 5.68. The van der Waals surface area contributed by atoms with E-state index in [0.29, 0.717) is 50.1 Å². The van der Waals surface area contributed by atoms with Gasteiger partial charge in [0.15, 0.2) is 5.82 Å². The zero-order chi connectivity index (χ0) is 20.1. The Kier molecular flexibility index (Phi) is 6.38. The maximum absolute atomic E-state index is 13.3. The fourth-order valence-corrected chi connectivity index (χ4v) is 2.99. The number of ether oxygens (including phenoxy) is 1. The lowest BCUT2D eigenvalue weighted by Crippen LogP contribution is -2.49. The van der Waals surface area contributed by atoms with Gasteiger partial charge in [0.2, 0.25) is 0 Å². The lowest BCUT2D eigenvalue weighted by atomic mass is 10.1. The van der Waals surface area contributed by atoms with E-state index in [9.17, 15) is 13.6 Å². The number of hydrogen-bond donors (Lipinski definition) is 0. The summed E-state index contributed by atoms with van der Waals surface area (Å²) in [5.41, 5.74) is 0.243. The summed E-state index contributed by atoms with van der Waals surface area (Å²) in [6, 6.07) is 8.01. The Morgan fingerprint density at radius 3 is 2.54 bits per heavy atom. The van der Waals surface area contributed by atoms with Gasteiger partial charge < -0.3 is 14.5 Å². The van der Waals surface area contributed by atoms with Crippen molar-refractivity contribution in [3.8, 4) is 11.4 Å². The minimum absolute atomic E-state index is 0.0858. The summed E-state index contributed by atoms with van der Waals surface area (Å²) in [6.45, 7) is 6.59. The monoisotopic (exact) mass is 390 g/mol. The highest BCUT2D eigenvalue weighted by atomic mass is 19.3. The van der Waals surface area contributed by atoms with Gasteiger partial charge in [-0.3, -0.25) is 0 Å². The lowest BCUT2D eigenvalue weighted by molar-refractivity contribution is 0.0901. The van der Waals surface area contributed by atoms with Crippen molar-refractivity contribution in [2.24, 2.45) is 5.92 Å². The van der Waals surface area contributed by atoms with Crippen LogP contribution in [0.5, 0.6) is 0 Å². The van der Waals surface area contributed by atoms with Crippen LogP contribution < -0.4 is 4.90 Å². The van der Waals surface area contributed by atoms with Crippen LogP contribution in [0.4, 0.5) is 19.4 Å². The second-order valence-electron chi connectivity index (χ2n) is 7.07. The number of aromatic nitrogens is 2. The topological polar surface area (TPSA) is 58.6 Å². The van der Waals surface area contributed by atoms with Crippen LogP contribution in [-0.4, -0.2) is 53.7 Å². The third-order valence-corrected chi connectivity index (χ3v) is 4.48. The van der Waals surface area contributed by atoms with Gasteiger partial charge in [0.1, 0.15) is 5.82 Å². The van der Waals surface area contributed by atoms with Crippen molar-refractivity contribution in [3.05, 3.63) is 42.1 Å². The molecular formula is C20H24F2N4O2. The van der Waals surface area contributed by atoms with E-state index in [1.165, 1.54) is 6.07 Å². The van der Waals surface area contributed by atoms with Gasteiger partial charge in [0, 0.05) is 43.5 Å². The van der Waals surface area contributed by atoms with E-state index in [1.54, 1.807) is 35.4 Å². The molecule has 0 radical (unpaired) electrons. The first-order chi connectivity index (χ1) is 13.5.